The fraction of sp³-hybridized carbons (Fsp3) is 0.261. The van der Waals surface area contributed by atoms with Gasteiger partial charge < -0.3 is 5.32 Å². The number of hydrogen-bond acceptors (Lipinski definition) is 4. The van der Waals surface area contributed by atoms with E-state index in [0.717, 1.165) is 45.3 Å². The Bertz CT molecular complexity index is 1100. The highest BCUT2D eigenvalue weighted by Crippen LogP contribution is 2.28. The minimum atomic E-state index is -0.0968. The lowest BCUT2D eigenvalue weighted by Crippen LogP contribution is -2.16. The van der Waals surface area contributed by atoms with Gasteiger partial charge in [0.2, 0.25) is 5.91 Å². The second-order valence-corrected chi connectivity index (χ2v) is 7.87. The van der Waals surface area contributed by atoms with Gasteiger partial charge in [0.05, 0.1) is 16.8 Å². The average molecular weight is 390 g/mol. The predicted molar refractivity (Wildman–Crippen MR) is 116 cm³/mol. The molecular formula is C23H23N3OS. The maximum atomic E-state index is 12.5. The van der Waals surface area contributed by atoms with E-state index in [9.17, 15) is 10.1 Å². The molecule has 3 aromatic rings. The van der Waals surface area contributed by atoms with Crippen LogP contribution in [-0.4, -0.2) is 16.6 Å². The summed E-state index contributed by atoms with van der Waals surface area (Å²) in [6, 6.07) is 14.2. The van der Waals surface area contributed by atoms with Crippen molar-refractivity contribution in [3.05, 3.63) is 64.2 Å². The van der Waals surface area contributed by atoms with Crippen LogP contribution in [0.5, 0.6) is 0 Å². The SMILES string of the molecule is CCc1cccc(C)c1NC(=O)CSc1nc2c(C)cc(C)cc2cc1C#N. The number of carbonyl (C=O) groups excluding carboxylic acids is 1. The van der Waals surface area contributed by atoms with Gasteiger partial charge in [-0.3, -0.25) is 4.79 Å². The summed E-state index contributed by atoms with van der Waals surface area (Å²) in [5.74, 6) is 0.107. The summed E-state index contributed by atoms with van der Waals surface area (Å²) in [7, 11) is 0. The standard InChI is InChI=1S/C23H23N3OS/c1-5-17-8-6-7-15(3)21(17)25-20(27)13-28-23-19(12-24)11-18-10-14(2)9-16(4)22(18)26-23/h6-11H,5,13H2,1-4H3,(H,25,27). The van der Waals surface area contributed by atoms with Crippen molar-refractivity contribution in [2.75, 3.05) is 11.1 Å². The number of rotatable bonds is 5. The molecule has 0 spiro atoms. The van der Waals surface area contributed by atoms with E-state index < -0.39 is 0 Å². The molecule has 2 aromatic carbocycles. The normalized spacial score (nSPS) is 10.7. The number of amides is 1. The number of carbonyl (C=O) groups is 1. The molecular weight excluding hydrogens is 366 g/mol. The van der Waals surface area contributed by atoms with Gasteiger partial charge in [0.1, 0.15) is 11.1 Å². The minimum Gasteiger partial charge on any atom is -0.325 e. The Morgan fingerprint density at radius 3 is 2.68 bits per heavy atom. The molecule has 0 radical (unpaired) electrons. The summed E-state index contributed by atoms with van der Waals surface area (Å²) in [6.45, 7) is 8.11. The van der Waals surface area contributed by atoms with E-state index in [1.54, 1.807) is 0 Å². The van der Waals surface area contributed by atoms with Crippen LogP contribution in [0.25, 0.3) is 10.9 Å². The van der Waals surface area contributed by atoms with Crippen LogP contribution in [-0.2, 0) is 11.2 Å². The third-order valence-corrected chi connectivity index (χ3v) is 5.67. The molecule has 0 atom stereocenters. The number of nitriles is 1. The second-order valence-electron chi connectivity index (χ2n) is 6.91. The van der Waals surface area contributed by atoms with Crippen LogP contribution in [0, 0.1) is 32.1 Å². The van der Waals surface area contributed by atoms with Crippen molar-refractivity contribution in [3.63, 3.8) is 0 Å². The zero-order valence-corrected chi connectivity index (χ0v) is 17.4. The molecule has 28 heavy (non-hydrogen) atoms. The van der Waals surface area contributed by atoms with Crippen molar-refractivity contribution in [2.45, 2.75) is 39.1 Å². The highest BCUT2D eigenvalue weighted by molar-refractivity contribution is 8.00. The maximum absolute atomic E-state index is 12.5. The van der Waals surface area contributed by atoms with Crippen LogP contribution in [0.3, 0.4) is 0 Å². The molecule has 0 aliphatic rings. The molecule has 0 fully saturated rings. The van der Waals surface area contributed by atoms with Crippen molar-refractivity contribution >= 4 is 34.3 Å². The van der Waals surface area contributed by atoms with E-state index in [1.807, 2.05) is 51.1 Å². The van der Waals surface area contributed by atoms with Crippen molar-refractivity contribution in [1.82, 2.24) is 4.98 Å². The number of pyridine rings is 1. The first kappa shape index (κ1) is 19.9. The molecule has 5 heteroatoms. The summed E-state index contributed by atoms with van der Waals surface area (Å²) in [5, 5.41) is 14.1. The Morgan fingerprint density at radius 2 is 1.96 bits per heavy atom. The molecule has 3 rings (SSSR count). The van der Waals surface area contributed by atoms with E-state index in [0.29, 0.717) is 10.6 Å². The molecule has 4 nitrogen and oxygen atoms in total. The second kappa shape index (κ2) is 8.45. The van der Waals surface area contributed by atoms with E-state index >= 15 is 0 Å². The highest BCUT2D eigenvalue weighted by Gasteiger charge is 2.13. The first-order valence-corrected chi connectivity index (χ1v) is 10.2. The summed E-state index contributed by atoms with van der Waals surface area (Å²) < 4.78 is 0. The fourth-order valence-electron chi connectivity index (χ4n) is 3.34. The van der Waals surface area contributed by atoms with Gasteiger partial charge in [0.25, 0.3) is 0 Å². The van der Waals surface area contributed by atoms with Gasteiger partial charge in [-0.1, -0.05) is 48.5 Å². The number of aromatic nitrogens is 1. The molecule has 0 saturated carbocycles. The lowest BCUT2D eigenvalue weighted by Gasteiger charge is -2.13. The largest absolute Gasteiger partial charge is 0.325 e. The number of hydrogen-bond donors (Lipinski definition) is 1. The Morgan fingerprint density at radius 1 is 1.18 bits per heavy atom. The Hall–Kier alpha value is -2.84. The van der Waals surface area contributed by atoms with E-state index in [1.165, 1.54) is 11.8 Å². The molecule has 1 aromatic heterocycles. The summed E-state index contributed by atoms with van der Waals surface area (Å²) in [5.41, 5.74) is 6.63. The van der Waals surface area contributed by atoms with E-state index in [-0.39, 0.29) is 11.7 Å². The Kier molecular flexibility index (Phi) is 6.01. The lowest BCUT2D eigenvalue weighted by atomic mass is 10.1. The van der Waals surface area contributed by atoms with Crippen LogP contribution >= 0.6 is 11.8 Å². The van der Waals surface area contributed by atoms with Crippen LogP contribution in [0.15, 0.2) is 41.4 Å². The summed E-state index contributed by atoms with van der Waals surface area (Å²) in [6.07, 6.45) is 0.855. The first-order valence-electron chi connectivity index (χ1n) is 9.26. The van der Waals surface area contributed by atoms with Gasteiger partial charge in [-0.25, -0.2) is 4.98 Å². The predicted octanol–water partition coefficient (Wildman–Crippen LogP) is 5.32. The molecule has 142 valence electrons. The maximum Gasteiger partial charge on any atom is 0.234 e. The van der Waals surface area contributed by atoms with Crippen LogP contribution < -0.4 is 5.32 Å². The molecule has 1 heterocycles. The highest BCUT2D eigenvalue weighted by atomic mass is 32.2. The monoisotopic (exact) mass is 389 g/mol. The number of fused-ring (bicyclic) bond motifs is 1. The molecule has 0 aliphatic carbocycles. The van der Waals surface area contributed by atoms with Gasteiger partial charge in [0.15, 0.2) is 0 Å². The van der Waals surface area contributed by atoms with E-state index in [2.05, 4.69) is 29.4 Å². The van der Waals surface area contributed by atoms with Crippen molar-refractivity contribution < 1.29 is 4.79 Å². The molecule has 1 amide bonds. The number of para-hydroxylation sites is 1. The van der Waals surface area contributed by atoms with Gasteiger partial charge in [-0.15, -0.1) is 0 Å². The number of thioether (sulfide) groups is 1. The van der Waals surface area contributed by atoms with Gasteiger partial charge in [0, 0.05) is 11.1 Å². The van der Waals surface area contributed by atoms with E-state index in [4.69, 9.17) is 0 Å². The van der Waals surface area contributed by atoms with Crippen molar-refractivity contribution in [3.8, 4) is 6.07 Å². The number of anilines is 1. The van der Waals surface area contributed by atoms with Gasteiger partial charge in [-0.05, 0) is 56.0 Å². The summed E-state index contributed by atoms with van der Waals surface area (Å²) in [4.78, 5) is 17.2. The quantitative estimate of drug-likeness (QED) is 0.599. The minimum absolute atomic E-state index is 0.0968. The average Bonchev–Trinajstić information content (AvgIpc) is 2.67. The lowest BCUT2D eigenvalue weighted by molar-refractivity contribution is -0.113. The van der Waals surface area contributed by atoms with Gasteiger partial charge in [-0.2, -0.15) is 5.26 Å². The third-order valence-electron chi connectivity index (χ3n) is 4.68. The summed E-state index contributed by atoms with van der Waals surface area (Å²) >= 11 is 1.30. The smallest absolute Gasteiger partial charge is 0.234 e. The number of nitrogens with zero attached hydrogens (tertiary/aromatic N) is 2. The van der Waals surface area contributed by atoms with Crippen LogP contribution in [0.2, 0.25) is 0 Å². The van der Waals surface area contributed by atoms with Crippen LogP contribution in [0.1, 0.15) is 34.7 Å². The van der Waals surface area contributed by atoms with Gasteiger partial charge >= 0.3 is 0 Å². The number of benzene rings is 2. The Labute approximate surface area is 170 Å². The number of nitrogens with one attached hydrogen (secondary N) is 1. The van der Waals surface area contributed by atoms with Crippen molar-refractivity contribution in [1.29, 1.82) is 5.26 Å². The first-order chi connectivity index (χ1) is 13.4. The zero-order chi connectivity index (χ0) is 20.3. The van der Waals surface area contributed by atoms with Crippen LogP contribution in [0.4, 0.5) is 5.69 Å². The fourth-order valence-corrected chi connectivity index (χ4v) is 4.09. The number of aryl methyl sites for hydroxylation is 4. The molecule has 1 N–H and O–H groups in total. The molecule has 0 bridgehead atoms. The van der Waals surface area contributed by atoms with Crippen molar-refractivity contribution in [2.24, 2.45) is 0 Å². The third kappa shape index (κ3) is 4.18. The Balaban J connectivity index is 1.82. The molecule has 0 saturated heterocycles. The topological polar surface area (TPSA) is 65.8 Å². The zero-order valence-electron chi connectivity index (χ0n) is 16.6. The molecule has 0 aliphatic heterocycles. The molecule has 0 unspecified atom stereocenters.